The quantitative estimate of drug-likeness (QED) is 0.140. The fourth-order valence-corrected chi connectivity index (χ4v) is 4.95. The van der Waals surface area contributed by atoms with Gasteiger partial charge < -0.3 is 14.6 Å². The summed E-state index contributed by atoms with van der Waals surface area (Å²) in [4.78, 5) is 32.9. The third-order valence-electron chi connectivity index (χ3n) is 6.98. The van der Waals surface area contributed by atoms with Gasteiger partial charge in [-0.2, -0.15) is 0 Å². The molecule has 3 aromatic carbocycles. The highest BCUT2D eigenvalue weighted by Crippen LogP contribution is 2.42. The Labute approximate surface area is 239 Å². The van der Waals surface area contributed by atoms with Crippen molar-refractivity contribution in [2.75, 3.05) is 11.5 Å². The fraction of sp³-hybridized carbons (Fsp3) is 0.206. The van der Waals surface area contributed by atoms with E-state index in [1.54, 1.807) is 60.8 Å². The monoisotopic (exact) mass is 548 g/mol. The number of nitrogens with zero attached hydrogens (tertiary/aromatic N) is 2. The zero-order chi connectivity index (χ0) is 28.9. The Morgan fingerprint density at radius 2 is 1.66 bits per heavy atom. The van der Waals surface area contributed by atoms with Crippen LogP contribution in [0.25, 0.3) is 5.76 Å². The molecule has 1 unspecified atom stereocenters. The van der Waals surface area contributed by atoms with E-state index < -0.39 is 17.7 Å². The van der Waals surface area contributed by atoms with Crippen molar-refractivity contribution >= 4 is 23.1 Å². The zero-order valence-electron chi connectivity index (χ0n) is 23.3. The van der Waals surface area contributed by atoms with E-state index >= 15 is 0 Å². The number of aromatic nitrogens is 1. The first-order valence-electron chi connectivity index (χ1n) is 13.6. The lowest BCUT2D eigenvalue weighted by Gasteiger charge is -2.25. The molecular formula is C34H32N2O5. The highest BCUT2D eigenvalue weighted by atomic mass is 16.5. The van der Waals surface area contributed by atoms with Crippen LogP contribution in [0.15, 0.2) is 103 Å². The molecule has 0 aliphatic carbocycles. The van der Waals surface area contributed by atoms with Crippen LogP contribution in [0.4, 0.5) is 5.69 Å². The molecule has 1 N–H and O–H groups in total. The number of benzene rings is 3. The molecule has 0 bridgehead atoms. The normalized spacial score (nSPS) is 16.3. The Bertz CT molecular complexity index is 1560. The molecule has 1 aliphatic heterocycles. The van der Waals surface area contributed by atoms with Gasteiger partial charge in [0.2, 0.25) is 0 Å². The smallest absolute Gasteiger partial charge is 0.300 e. The molecule has 2 heterocycles. The average Bonchev–Trinajstić information content (AvgIpc) is 3.27. The van der Waals surface area contributed by atoms with Crippen LogP contribution >= 0.6 is 0 Å². The lowest BCUT2D eigenvalue weighted by atomic mass is 9.94. The molecule has 4 aromatic rings. The number of aliphatic hydroxyl groups excluding tert-OH is 1. The number of amides is 1. The van der Waals surface area contributed by atoms with Crippen LogP contribution in [-0.4, -0.2) is 28.4 Å². The SMILES string of the molecule is CCOc1ccc(/C(O)=C2/C(=O)C(=O)N(c3ccc(OCc4ccccc4)cc3)C2c2ccccn2)cc1C(C)C. The predicted molar refractivity (Wildman–Crippen MR) is 158 cm³/mol. The molecule has 1 amide bonds. The first-order valence-corrected chi connectivity index (χ1v) is 13.6. The van der Waals surface area contributed by atoms with Crippen molar-refractivity contribution in [2.24, 2.45) is 0 Å². The van der Waals surface area contributed by atoms with Gasteiger partial charge in [0.05, 0.1) is 17.9 Å². The van der Waals surface area contributed by atoms with Gasteiger partial charge in [-0.25, -0.2) is 0 Å². The highest BCUT2D eigenvalue weighted by Gasteiger charge is 2.47. The maximum absolute atomic E-state index is 13.5. The van der Waals surface area contributed by atoms with E-state index in [0.717, 1.165) is 16.9 Å². The Kier molecular flexibility index (Phi) is 8.15. The topological polar surface area (TPSA) is 89.0 Å². The van der Waals surface area contributed by atoms with Crippen molar-refractivity contribution in [1.29, 1.82) is 0 Å². The summed E-state index contributed by atoms with van der Waals surface area (Å²) in [5.74, 6) is -0.317. The summed E-state index contributed by atoms with van der Waals surface area (Å²) in [5, 5.41) is 11.5. The van der Waals surface area contributed by atoms with Gasteiger partial charge in [-0.1, -0.05) is 50.2 Å². The lowest BCUT2D eigenvalue weighted by molar-refractivity contribution is -0.132. The molecule has 7 heteroatoms. The van der Waals surface area contributed by atoms with Gasteiger partial charge in [-0.3, -0.25) is 19.5 Å². The summed E-state index contributed by atoms with van der Waals surface area (Å²) < 4.78 is 11.7. The largest absolute Gasteiger partial charge is 0.507 e. The minimum atomic E-state index is -0.915. The summed E-state index contributed by atoms with van der Waals surface area (Å²) in [6.07, 6.45) is 1.60. The maximum Gasteiger partial charge on any atom is 0.300 e. The van der Waals surface area contributed by atoms with E-state index in [1.165, 1.54) is 4.90 Å². The molecule has 5 rings (SSSR count). The Hall–Kier alpha value is -4.91. The number of carbonyl (C=O) groups is 2. The van der Waals surface area contributed by atoms with Crippen LogP contribution < -0.4 is 14.4 Å². The van der Waals surface area contributed by atoms with E-state index in [4.69, 9.17) is 9.47 Å². The number of ketones is 1. The van der Waals surface area contributed by atoms with Crippen molar-refractivity contribution in [3.8, 4) is 11.5 Å². The average molecular weight is 549 g/mol. The molecule has 208 valence electrons. The number of aliphatic hydroxyl groups is 1. The second kappa shape index (κ2) is 12.1. The summed E-state index contributed by atoms with van der Waals surface area (Å²) in [5.41, 5.74) is 3.30. The second-order valence-electron chi connectivity index (χ2n) is 10.0. The summed E-state index contributed by atoms with van der Waals surface area (Å²) in [7, 11) is 0. The maximum atomic E-state index is 13.5. The molecule has 1 fully saturated rings. The standard InChI is InChI=1S/C34H32N2O5/c1-4-40-29-18-13-24(20-27(29)22(2)3)32(37)30-31(28-12-8-9-19-35-28)36(34(39)33(30)38)25-14-16-26(17-15-25)41-21-23-10-6-5-7-11-23/h5-20,22,31,37H,4,21H2,1-3H3/b32-30-. The van der Waals surface area contributed by atoms with E-state index in [0.29, 0.717) is 35.9 Å². The van der Waals surface area contributed by atoms with Crippen LogP contribution in [0, 0.1) is 0 Å². The van der Waals surface area contributed by atoms with Gasteiger partial charge in [0.15, 0.2) is 0 Å². The van der Waals surface area contributed by atoms with Crippen molar-refractivity contribution < 1.29 is 24.2 Å². The molecule has 7 nitrogen and oxygen atoms in total. The first kappa shape index (κ1) is 27.6. The van der Waals surface area contributed by atoms with Gasteiger partial charge in [0, 0.05) is 17.4 Å². The van der Waals surface area contributed by atoms with Crippen molar-refractivity contribution in [3.63, 3.8) is 0 Å². The van der Waals surface area contributed by atoms with Gasteiger partial charge in [0.25, 0.3) is 11.7 Å². The first-order chi connectivity index (χ1) is 19.9. The van der Waals surface area contributed by atoms with E-state index in [1.807, 2.05) is 57.2 Å². The van der Waals surface area contributed by atoms with Crippen LogP contribution in [0.1, 0.15) is 55.1 Å². The zero-order valence-corrected chi connectivity index (χ0v) is 23.3. The number of anilines is 1. The number of rotatable bonds is 9. The number of hydrogen-bond acceptors (Lipinski definition) is 6. The molecule has 41 heavy (non-hydrogen) atoms. The van der Waals surface area contributed by atoms with Gasteiger partial charge >= 0.3 is 0 Å². The highest BCUT2D eigenvalue weighted by molar-refractivity contribution is 6.51. The van der Waals surface area contributed by atoms with Crippen LogP contribution in [-0.2, 0) is 16.2 Å². The Balaban J connectivity index is 1.54. The minimum absolute atomic E-state index is 0.0167. The van der Waals surface area contributed by atoms with Crippen LogP contribution in [0.2, 0.25) is 0 Å². The van der Waals surface area contributed by atoms with Gasteiger partial charge in [-0.05, 0) is 78.6 Å². The molecule has 0 spiro atoms. The van der Waals surface area contributed by atoms with Crippen LogP contribution in [0.3, 0.4) is 0 Å². The number of ether oxygens (including phenoxy) is 2. The van der Waals surface area contributed by atoms with Crippen molar-refractivity contribution in [3.05, 3.63) is 125 Å². The molecule has 1 atom stereocenters. The summed E-state index contributed by atoms with van der Waals surface area (Å²) >= 11 is 0. The molecule has 0 saturated carbocycles. The lowest BCUT2D eigenvalue weighted by Crippen LogP contribution is -2.29. The summed E-state index contributed by atoms with van der Waals surface area (Å²) in [6, 6.07) is 26.5. The molecule has 0 radical (unpaired) electrons. The van der Waals surface area contributed by atoms with Gasteiger partial charge in [0.1, 0.15) is 29.9 Å². The molecule has 1 aromatic heterocycles. The predicted octanol–water partition coefficient (Wildman–Crippen LogP) is 6.81. The van der Waals surface area contributed by atoms with E-state index in [2.05, 4.69) is 4.98 Å². The minimum Gasteiger partial charge on any atom is -0.507 e. The number of pyridine rings is 1. The molecular weight excluding hydrogens is 516 g/mol. The third-order valence-corrected chi connectivity index (χ3v) is 6.98. The van der Waals surface area contributed by atoms with Crippen molar-refractivity contribution in [1.82, 2.24) is 4.98 Å². The number of Topliss-reactive ketones (excluding diaryl/α,β-unsaturated/α-hetero) is 1. The third kappa shape index (κ3) is 5.70. The Morgan fingerprint density at radius 1 is 0.927 bits per heavy atom. The molecule has 1 saturated heterocycles. The van der Waals surface area contributed by atoms with E-state index in [-0.39, 0.29) is 17.3 Å². The number of hydrogen-bond donors (Lipinski definition) is 1. The van der Waals surface area contributed by atoms with Crippen LogP contribution in [0.5, 0.6) is 11.5 Å². The van der Waals surface area contributed by atoms with Crippen molar-refractivity contribution in [2.45, 2.75) is 39.3 Å². The fourth-order valence-electron chi connectivity index (χ4n) is 4.95. The van der Waals surface area contributed by atoms with E-state index in [9.17, 15) is 14.7 Å². The number of carbonyl (C=O) groups excluding carboxylic acids is 2. The second-order valence-corrected chi connectivity index (χ2v) is 10.0. The summed E-state index contributed by atoms with van der Waals surface area (Å²) in [6.45, 7) is 6.88. The van der Waals surface area contributed by atoms with Gasteiger partial charge in [-0.15, -0.1) is 0 Å². The molecule has 1 aliphatic rings. The Morgan fingerprint density at radius 3 is 2.32 bits per heavy atom.